The van der Waals surface area contributed by atoms with Crippen LogP contribution in [0.1, 0.15) is 35.9 Å². The van der Waals surface area contributed by atoms with Crippen molar-refractivity contribution >= 4 is 11.4 Å². The highest BCUT2D eigenvalue weighted by molar-refractivity contribution is 5.67. The van der Waals surface area contributed by atoms with Gasteiger partial charge >= 0.3 is 5.92 Å². The fourth-order valence-electron chi connectivity index (χ4n) is 6.60. The van der Waals surface area contributed by atoms with Gasteiger partial charge in [0.1, 0.15) is 11.5 Å². The Morgan fingerprint density at radius 2 is 1.53 bits per heavy atom. The zero-order chi connectivity index (χ0) is 32.3. The quantitative estimate of drug-likeness (QED) is 0.261. The average molecular weight is 641 g/mol. The van der Waals surface area contributed by atoms with E-state index in [4.69, 9.17) is 0 Å². The molecule has 47 heavy (non-hydrogen) atoms. The van der Waals surface area contributed by atoms with E-state index in [-0.39, 0.29) is 17.0 Å². The number of pyridine rings is 2. The zero-order valence-electron chi connectivity index (χ0n) is 25.2. The second kappa shape index (κ2) is 11.1. The van der Waals surface area contributed by atoms with E-state index in [0.717, 1.165) is 84.5 Å². The second-order valence-corrected chi connectivity index (χ2v) is 12.5. The van der Waals surface area contributed by atoms with E-state index in [1.54, 1.807) is 6.07 Å². The summed E-state index contributed by atoms with van der Waals surface area (Å²) < 4.78 is 47.3. The summed E-state index contributed by atoms with van der Waals surface area (Å²) in [5, 5.41) is 32.9. The van der Waals surface area contributed by atoms with Crippen molar-refractivity contribution in [1.29, 1.82) is 0 Å². The molecule has 5 aromatic rings. The lowest BCUT2D eigenvalue weighted by Crippen LogP contribution is -2.49. The van der Waals surface area contributed by atoms with E-state index in [9.17, 15) is 14.6 Å². The molecule has 0 amide bonds. The molecule has 1 aliphatic carbocycles. The SMILES string of the molecule is OC(c1ccc(N2CCN(c3ccc(-c4ccc(C(F)(F)[C@]5(O)Cn6nnnc6-c6cc(F)ccc65)nc4)cc3)CC2)cn1)C1CC1. The number of aliphatic hydroxyl groups is 2. The van der Waals surface area contributed by atoms with Crippen LogP contribution in [0.15, 0.2) is 79.1 Å². The molecule has 1 unspecified atom stereocenters. The van der Waals surface area contributed by atoms with Crippen LogP contribution in [-0.4, -0.2) is 66.6 Å². The van der Waals surface area contributed by atoms with Gasteiger partial charge in [-0.2, -0.15) is 8.78 Å². The predicted octanol–water partition coefficient (Wildman–Crippen LogP) is 4.70. The van der Waals surface area contributed by atoms with Crippen molar-refractivity contribution < 1.29 is 23.4 Å². The summed E-state index contributed by atoms with van der Waals surface area (Å²) in [6, 6.07) is 17.8. The summed E-state index contributed by atoms with van der Waals surface area (Å²) >= 11 is 0. The molecule has 0 spiro atoms. The lowest BCUT2D eigenvalue weighted by atomic mass is 9.80. The Kier molecular flexibility index (Phi) is 6.99. The van der Waals surface area contributed by atoms with Gasteiger partial charge in [-0.1, -0.05) is 24.3 Å². The number of benzene rings is 2. The molecule has 2 atom stereocenters. The number of aromatic nitrogens is 6. The highest BCUT2D eigenvalue weighted by Gasteiger charge is 2.59. The predicted molar refractivity (Wildman–Crippen MR) is 167 cm³/mol. The fourth-order valence-corrected chi connectivity index (χ4v) is 6.60. The molecule has 0 radical (unpaired) electrons. The van der Waals surface area contributed by atoms with Gasteiger partial charge in [-0.25, -0.2) is 9.07 Å². The maximum Gasteiger partial charge on any atom is 0.323 e. The van der Waals surface area contributed by atoms with E-state index in [0.29, 0.717) is 11.5 Å². The monoisotopic (exact) mass is 640 g/mol. The van der Waals surface area contributed by atoms with Crippen LogP contribution in [0.25, 0.3) is 22.5 Å². The van der Waals surface area contributed by atoms with Gasteiger partial charge in [-0.15, -0.1) is 5.10 Å². The van der Waals surface area contributed by atoms with Gasteiger partial charge in [-0.05, 0) is 77.2 Å². The van der Waals surface area contributed by atoms with E-state index in [1.165, 1.54) is 12.3 Å². The number of hydrogen-bond donors (Lipinski definition) is 2. The summed E-state index contributed by atoms with van der Waals surface area (Å²) in [5.41, 5.74) is 0.719. The molecule has 240 valence electrons. The molecule has 3 aliphatic rings. The van der Waals surface area contributed by atoms with Gasteiger partial charge in [0.05, 0.1) is 30.2 Å². The summed E-state index contributed by atoms with van der Waals surface area (Å²) in [6.45, 7) is 2.67. The number of alkyl halides is 2. The highest BCUT2D eigenvalue weighted by Crippen LogP contribution is 2.50. The molecular weight excluding hydrogens is 609 g/mol. The third-order valence-electron chi connectivity index (χ3n) is 9.54. The van der Waals surface area contributed by atoms with Crippen molar-refractivity contribution in [3.63, 3.8) is 0 Å². The van der Waals surface area contributed by atoms with Crippen LogP contribution < -0.4 is 9.80 Å². The average Bonchev–Trinajstić information content (AvgIpc) is 3.85. The van der Waals surface area contributed by atoms with Crippen molar-refractivity contribution in [2.45, 2.75) is 37.0 Å². The Morgan fingerprint density at radius 1 is 0.830 bits per heavy atom. The summed E-state index contributed by atoms with van der Waals surface area (Å²) in [4.78, 5) is 13.2. The molecule has 8 rings (SSSR count). The lowest BCUT2D eigenvalue weighted by molar-refractivity contribution is -0.207. The minimum absolute atomic E-state index is 0.00269. The summed E-state index contributed by atoms with van der Waals surface area (Å²) in [5.74, 6) is -4.07. The molecule has 1 saturated carbocycles. The van der Waals surface area contributed by atoms with Gasteiger partial charge < -0.3 is 20.0 Å². The molecule has 2 N–H and O–H groups in total. The topological polar surface area (TPSA) is 116 Å². The number of nitrogens with zero attached hydrogens (tertiary/aromatic N) is 8. The van der Waals surface area contributed by atoms with Gasteiger partial charge in [0.25, 0.3) is 0 Å². The standard InChI is InChI=1S/C34H31F3N8O2/c35-24-6-10-28-27(17-24)32-40-41-42-45(32)20-33(28,47)34(36,37)30-12-5-23(18-39-30)21-3-7-25(8-4-21)43-13-15-44(16-14-43)26-9-11-29(38-19-26)31(46)22-1-2-22/h3-12,17-19,22,31,46-47H,1-2,13-16,20H2/t31?,33-/m0/s1. The number of anilines is 2. The first kappa shape index (κ1) is 29.5. The first-order chi connectivity index (χ1) is 22.7. The molecule has 2 fully saturated rings. The molecule has 13 heteroatoms. The van der Waals surface area contributed by atoms with E-state index < -0.39 is 35.7 Å². The number of piperazine rings is 1. The van der Waals surface area contributed by atoms with E-state index >= 15 is 8.78 Å². The minimum Gasteiger partial charge on any atom is -0.387 e. The van der Waals surface area contributed by atoms with Crippen LogP contribution in [0.5, 0.6) is 0 Å². The van der Waals surface area contributed by atoms with Crippen molar-refractivity contribution in [3.05, 3.63) is 102 Å². The molecule has 2 aromatic carbocycles. The maximum atomic E-state index is 16.1. The third kappa shape index (κ3) is 5.10. The Bertz CT molecular complexity index is 1910. The minimum atomic E-state index is -3.86. The molecule has 1 saturated heterocycles. The Balaban J connectivity index is 0.945. The molecule has 10 nitrogen and oxygen atoms in total. The van der Waals surface area contributed by atoms with E-state index in [2.05, 4.69) is 35.3 Å². The van der Waals surface area contributed by atoms with Crippen molar-refractivity contribution in [2.75, 3.05) is 36.0 Å². The largest absolute Gasteiger partial charge is 0.387 e. The number of halogens is 3. The van der Waals surface area contributed by atoms with Crippen LogP contribution >= 0.6 is 0 Å². The van der Waals surface area contributed by atoms with Crippen LogP contribution in [-0.2, 0) is 18.1 Å². The van der Waals surface area contributed by atoms with Gasteiger partial charge in [0, 0.05) is 54.8 Å². The first-order valence-corrected chi connectivity index (χ1v) is 15.6. The van der Waals surface area contributed by atoms with Crippen LogP contribution in [0, 0.1) is 11.7 Å². The number of aliphatic hydroxyl groups excluding tert-OH is 1. The highest BCUT2D eigenvalue weighted by atomic mass is 19.3. The summed E-state index contributed by atoms with van der Waals surface area (Å²) in [7, 11) is 0. The smallest absolute Gasteiger partial charge is 0.323 e. The molecule has 5 heterocycles. The lowest BCUT2D eigenvalue weighted by Gasteiger charge is -2.39. The van der Waals surface area contributed by atoms with Crippen molar-refractivity contribution in [3.8, 4) is 22.5 Å². The molecule has 2 aliphatic heterocycles. The van der Waals surface area contributed by atoms with Gasteiger partial charge in [0.15, 0.2) is 11.4 Å². The van der Waals surface area contributed by atoms with Crippen LogP contribution in [0.2, 0.25) is 0 Å². The Morgan fingerprint density at radius 3 is 2.19 bits per heavy atom. The van der Waals surface area contributed by atoms with E-state index in [1.807, 2.05) is 42.6 Å². The Hall–Kier alpha value is -4.88. The number of tetrazole rings is 1. The fraction of sp³-hybridized carbons (Fsp3) is 0.324. The number of fused-ring (bicyclic) bond motifs is 3. The van der Waals surface area contributed by atoms with Crippen molar-refractivity contribution in [2.24, 2.45) is 5.92 Å². The van der Waals surface area contributed by atoms with Crippen molar-refractivity contribution in [1.82, 2.24) is 30.2 Å². The zero-order valence-corrected chi connectivity index (χ0v) is 25.2. The van der Waals surface area contributed by atoms with Gasteiger partial charge in [0.2, 0.25) is 0 Å². The third-order valence-corrected chi connectivity index (χ3v) is 9.54. The Labute approximate surface area is 268 Å². The normalized spacial score (nSPS) is 20.1. The first-order valence-electron chi connectivity index (χ1n) is 15.6. The van der Waals surface area contributed by atoms with Crippen LogP contribution in [0.4, 0.5) is 24.5 Å². The van der Waals surface area contributed by atoms with Gasteiger partial charge in [-0.3, -0.25) is 9.97 Å². The maximum absolute atomic E-state index is 16.1. The summed E-state index contributed by atoms with van der Waals surface area (Å²) in [6.07, 6.45) is 4.86. The molecular formula is C34H31F3N8O2. The second-order valence-electron chi connectivity index (χ2n) is 12.5. The van der Waals surface area contributed by atoms with Crippen LogP contribution in [0.3, 0.4) is 0 Å². The number of hydrogen-bond acceptors (Lipinski definition) is 9. The number of rotatable bonds is 7. The molecule has 3 aromatic heterocycles. The molecule has 0 bridgehead atoms.